The van der Waals surface area contributed by atoms with Crippen molar-refractivity contribution >= 4 is 0 Å². The zero-order chi connectivity index (χ0) is 13.0. The van der Waals surface area contributed by atoms with Gasteiger partial charge in [-0.2, -0.15) is 0 Å². The Bertz CT molecular complexity index is 373. The first-order chi connectivity index (χ1) is 8.66. The van der Waals surface area contributed by atoms with Crippen LogP contribution in [0.3, 0.4) is 0 Å². The highest BCUT2D eigenvalue weighted by molar-refractivity contribution is 5.20. The molecule has 0 aliphatic carbocycles. The Kier molecular flexibility index (Phi) is 4.72. The van der Waals surface area contributed by atoms with Crippen molar-refractivity contribution in [3.05, 3.63) is 35.6 Å². The average molecular weight is 250 g/mol. The van der Waals surface area contributed by atoms with Gasteiger partial charge in [0.05, 0.1) is 0 Å². The molecule has 100 valence electrons. The normalized spacial score (nSPS) is 22.1. The van der Waals surface area contributed by atoms with Gasteiger partial charge in [0.25, 0.3) is 0 Å². The lowest BCUT2D eigenvalue weighted by atomic mass is 9.93. The Morgan fingerprint density at radius 3 is 2.83 bits per heavy atom. The van der Waals surface area contributed by atoms with Crippen molar-refractivity contribution in [2.45, 2.75) is 37.8 Å². The van der Waals surface area contributed by atoms with E-state index in [1.807, 2.05) is 6.07 Å². The average Bonchev–Trinajstić information content (AvgIpc) is 2.37. The van der Waals surface area contributed by atoms with Gasteiger partial charge in [-0.3, -0.25) is 0 Å². The lowest BCUT2D eigenvalue weighted by molar-refractivity contribution is 0.239. The summed E-state index contributed by atoms with van der Waals surface area (Å²) in [6.07, 6.45) is 4.88. The van der Waals surface area contributed by atoms with Crippen LogP contribution in [-0.4, -0.2) is 31.6 Å². The van der Waals surface area contributed by atoms with E-state index < -0.39 is 0 Å². The van der Waals surface area contributed by atoms with E-state index in [4.69, 9.17) is 0 Å². The summed E-state index contributed by atoms with van der Waals surface area (Å²) in [5, 5.41) is 3.57. The molecule has 0 bridgehead atoms. The number of nitrogens with zero attached hydrogens (tertiary/aromatic N) is 1. The van der Waals surface area contributed by atoms with Crippen molar-refractivity contribution < 1.29 is 4.39 Å². The third-order valence-electron chi connectivity index (χ3n) is 3.78. The van der Waals surface area contributed by atoms with E-state index >= 15 is 0 Å². The summed E-state index contributed by atoms with van der Waals surface area (Å²) >= 11 is 0. The molecule has 1 N–H and O–H groups in total. The molecule has 3 heteroatoms. The summed E-state index contributed by atoms with van der Waals surface area (Å²) in [6.45, 7) is 1.12. The van der Waals surface area contributed by atoms with Gasteiger partial charge in [-0.1, -0.05) is 18.6 Å². The van der Waals surface area contributed by atoms with Crippen molar-refractivity contribution in [3.8, 4) is 0 Å². The minimum absolute atomic E-state index is 0.143. The predicted octanol–water partition coefficient (Wildman–Crippen LogP) is 2.96. The monoisotopic (exact) mass is 250 g/mol. The minimum atomic E-state index is -0.143. The molecule has 0 radical (unpaired) electrons. The summed E-state index contributed by atoms with van der Waals surface area (Å²) in [5.41, 5.74) is 1.08. The highest BCUT2D eigenvalue weighted by Crippen LogP contribution is 2.26. The maximum absolute atomic E-state index is 13.3. The van der Waals surface area contributed by atoms with E-state index in [0.29, 0.717) is 6.04 Å². The van der Waals surface area contributed by atoms with Crippen LogP contribution in [0.5, 0.6) is 0 Å². The summed E-state index contributed by atoms with van der Waals surface area (Å²) < 4.78 is 13.3. The zero-order valence-corrected chi connectivity index (χ0v) is 11.3. The van der Waals surface area contributed by atoms with Gasteiger partial charge in [0.2, 0.25) is 0 Å². The number of hydrogen-bond acceptors (Lipinski definition) is 2. The van der Waals surface area contributed by atoms with E-state index in [0.717, 1.165) is 18.5 Å². The fourth-order valence-electron chi connectivity index (χ4n) is 2.75. The van der Waals surface area contributed by atoms with Crippen LogP contribution >= 0.6 is 0 Å². The van der Waals surface area contributed by atoms with Gasteiger partial charge in [-0.15, -0.1) is 0 Å². The number of hydrogen-bond donors (Lipinski definition) is 1. The molecule has 1 aromatic rings. The fourth-order valence-corrected chi connectivity index (χ4v) is 2.75. The molecule has 2 nitrogen and oxygen atoms in total. The Labute approximate surface area is 109 Å². The van der Waals surface area contributed by atoms with Gasteiger partial charge in [0.15, 0.2) is 0 Å². The molecule has 18 heavy (non-hydrogen) atoms. The summed E-state index contributed by atoms with van der Waals surface area (Å²) in [5.74, 6) is -0.143. The molecule has 0 saturated carbocycles. The van der Waals surface area contributed by atoms with Gasteiger partial charge in [-0.25, -0.2) is 4.39 Å². The standard InChI is InChI=1S/C15H23FN2/c1-18(2)15(11-14-8-3-4-9-17-14)12-6-5-7-13(16)10-12/h5-7,10,14-15,17H,3-4,8-9,11H2,1-2H3. The molecule has 1 saturated heterocycles. The summed E-state index contributed by atoms with van der Waals surface area (Å²) in [4.78, 5) is 2.19. The van der Waals surface area contributed by atoms with Crippen LogP contribution in [0.15, 0.2) is 24.3 Å². The second kappa shape index (κ2) is 6.30. The number of nitrogens with one attached hydrogen (secondary N) is 1. The van der Waals surface area contributed by atoms with Crippen LogP contribution in [-0.2, 0) is 0 Å². The van der Waals surface area contributed by atoms with Crippen LogP contribution in [0.25, 0.3) is 0 Å². The first-order valence-electron chi connectivity index (χ1n) is 6.82. The molecule has 1 aliphatic heterocycles. The van der Waals surface area contributed by atoms with E-state index in [1.54, 1.807) is 12.1 Å². The van der Waals surface area contributed by atoms with Crippen molar-refractivity contribution in [3.63, 3.8) is 0 Å². The number of piperidine rings is 1. The van der Waals surface area contributed by atoms with Gasteiger partial charge in [0, 0.05) is 12.1 Å². The van der Waals surface area contributed by atoms with E-state index in [-0.39, 0.29) is 11.9 Å². The Balaban J connectivity index is 2.07. The highest BCUT2D eigenvalue weighted by atomic mass is 19.1. The molecule has 2 atom stereocenters. The number of halogens is 1. The molecular formula is C15H23FN2. The van der Waals surface area contributed by atoms with E-state index in [2.05, 4.69) is 24.3 Å². The molecule has 0 aromatic heterocycles. The molecule has 2 rings (SSSR count). The van der Waals surface area contributed by atoms with Crippen LogP contribution in [0, 0.1) is 5.82 Å². The van der Waals surface area contributed by atoms with Gasteiger partial charge in [-0.05, 0) is 57.6 Å². The molecule has 1 aliphatic rings. The van der Waals surface area contributed by atoms with E-state index in [1.165, 1.54) is 25.3 Å². The van der Waals surface area contributed by atoms with Crippen molar-refractivity contribution in [1.82, 2.24) is 10.2 Å². The highest BCUT2D eigenvalue weighted by Gasteiger charge is 2.21. The largest absolute Gasteiger partial charge is 0.314 e. The smallest absolute Gasteiger partial charge is 0.123 e. The molecule has 1 aromatic carbocycles. The summed E-state index contributed by atoms with van der Waals surface area (Å²) in [6, 6.07) is 7.85. The van der Waals surface area contributed by atoms with Gasteiger partial charge in [0.1, 0.15) is 5.82 Å². The van der Waals surface area contributed by atoms with E-state index in [9.17, 15) is 4.39 Å². The molecule has 2 unspecified atom stereocenters. The predicted molar refractivity (Wildman–Crippen MR) is 73.1 cm³/mol. The third-order valence-corrected chi connectivity index (χ3v) is 3.78. The first kappa shape index (κ1) is 13.5. The van der Waals surface area contributed by atoms with Gasteiger partial charge >= 0.3 is 0 Å². The van der Waals surface area contributed by atoms with Crippen LogP contribution in [0.1, 0.15) is 37.3 Å². The molecule has 1 heterocycles. The van der Waals surface area contributed by atoms with Crippen LogP contribution in [0.2, 0.25) is 0 Å². The van der Waals surface area contributed by atoms with Crippen molar-refractivity contribution in [2.75, 3.05) is 20.6 Å². The summed E-state index contributed by atoms with van der Waals surface area (Å²) in [7, 11) is 4.14. The van der Waals surface area contributed by atoms with Crippen molar-refractivity contribution in [2.24, 2.45) is 0 Å². The first-order valence-corrected chi connectivity index (χ1v) is 6.82. The molecule has 1 fully saturated rings. The molecule has 0 amide bonds. The van der Waals surface area contributed by atoms with Crippen molar-refractivity contribution in [1.29, 1.82) is 0 Å². The molecular weight excluding hydrogens is 227 g/mol. The van der Waals surface area contributed by atoms with Crippen LogP contribution < -0.4 is 5.32 Å². The fraction of sp³-hybridized carbons (Fsp3) is 0.600. The second-order valence-electron chi connectivity index (χ2n) is 5.42. The van der Waals surface area contributed by atoms with Gasteiger partial charge < -0.3 is 10.2 Å². The Hall–Kier alpha value is -0.930. The van der Waals surface area contributed by atoms with Crippen LogP contribution in [0.4, 0.5) is 4.39 Å². The maximum atomic E-state index is 13.3. The maximum Gasteiger partial charge on any atom is 0.123 e. The lowest BCUT2D eigenvalue weighted by Crippen LogP contribution is -2.37. The SMILES string of the molecule is CN(C)C(CC1CCCCN1)c1cccc(F)c1. The Morgan fingerprint density at radius 2 is 2.22 bits per heavy atom. The molecule has 0 spiro atoms. The Morgan fingerprint density at radius 1 is 1.39 bits per heavy atom. The number of benzene rings is 1. The second-order valence-corrected chi connectivity index (χ2v) is 5.42. The quantitative estimate of drug-likeness (QED) is 0.884. The topological polar surface area (TPSA) is 15.3 Å². The third kappa shape index (κ3) is 3.53. The zero-order valence-electron chi connectivity index (χ0n) is 11.3. The lowest BCUT2D eigenvalue weighted by Gasteiger charge is -2.31. The number of rotatable bonds is 4. The minimum Gasteiger partial charge on any atom is -0.314 e.